The van der Waals surface area contributed by atoms with Crippen LogP contribution in [0.4, 0.5) is 0 Å². The lowest BCUT2D eigenvalue weighted by molar-refractivity contribution is 0.669. The molecule has 0 fully saturated rings. The van der Waals surface area contributed by atoms with Crippen LogP contribution >= 0.6 is 0 Å². The number of aromatic nitrogens is 2. The lowest BCUT2D eigenvalue weighted by Gasteiger charge is -2.11. The summed E-state index contributed by atoms with van der Waals surface area (Å²) in [4.78, 5) is 10.3. The molecule has 10 rings (SSSR count). The molecule has 2 aromatic heterocycles. The number of benzene rings is 8. The fraction of sp³-hybridized carbons (Fsp3) is 0. The summed E-state index contributed by atoms with van der Waals surface area (Å²) in [6, 6.07) is 72.1. The highest BCUT2D eigenvalue weighted by Crippen LogP contribution is 2.39. The molecule has 0 atom stereocenters. The number of furan rings is 1. The van der Waals surface area contributed by atoms with Crippen LogP contribution in [0.1, 0.15) is 0 Å². The summed E-state index contributed by atoms with van der Waals surface area (Å²) in [6.07, 6.45) is 0. The van der Waals surface area contributed by atoms with Gasteiger partial charge < -0.3 is 4.42 Å². The van der Waals surface area contributed by atoms with Crippen LogP contribution in [-0.4, -0.2) is 9.97 Å². The van der Waals surface area contributed by atoms with Gasteiger partial charge in [-0.15, -0.1) is 0 Å². The maximum Gasteiger partial charge on any atom is 0.160 e. The van der Waals surface area contributed by atoms with Crippen molar-refractivity contribution in [2.24, 2.45) is 0 Å². The highest BCUT2D eigenvalue weighted by Gasteiger charge is 2.17. The maximum absolute atomic E-state index is 6.54. The van der Waals surface area contributed by atoms with Gasteiger partial charge in [0.25, 0.3) is 0 Å². The van der Waals surface area contributed by atoms with Gasteiger partial charge in [0, 0.05) is 27.5 Å². The molecule has 0 saturated heterocycles. The lowest BCUT2D eigenvalue weighted by atomic mass is 9.98. The molecule has 3 nitrogen and oxygen atoms in total. The molecule has 3 heteroatoms. The third-order valence-electron chi connectivity index (χ3n) is 10.4. The van der Waals surface area contributed by atoms with E-state index in [9.17, 15) is 0 Å². The van der Waals surface area contributed by atoms with Crippen LogP contribution in [0.25, 0.3) is 100 Å². The monoisotopic (exact) mass is 702 g/mol. The van der Waals surface area contributed by atoms with Gasteiger partial charge >= 0.3 is 0 Å². The van der Waals surface area contributed by atoms with Crippen molar-refractivity contribution in [1.82, 2.24) is 9.97 Å². The largest absolute Gasteiger partial charge is 0.456 e. The molecule has 0 spiro atoms. The third kappa shape index (κ3) is 6.28. The van der Waals surface area contributed by atoms with Crippen LogP contribution in [0.15, 0.2) is 211 Å². The van der Waals surface area contributed by atoms with Gasteiger partial charge in [0.1, 0.15) is 11.2 Å². The molecule has 2 heterocycles. The Labute approximate surface area is 319 Å². The van der Waals surface area contributed by atoms with E-state index in [1.807, 2.05) is 42.5 Å². The molecule has 55 heavy (non-hydrogen) atoms. The number of nitrogens with zero attached hydrogens (tertiary/aromatic N) is 2. The van der Waals surface area contributed by atoms with Gasteiger partial charge in [-0.25, -0.2) is 9.97 Å². The first kappa shape index (κ1) is 32.3. The van der Waals surface area contributed by atoms with Gasteiger partial charge in [-0.05, 0) is 68.8 Å². The molecule has 0 N–H and O–H groups in total. The first-order chi connectivity index (χ1) is 27.2. The molecule has 0 amide bonds. The van der Waals surface area contributed by atoms with Crippen molar-refractivity contribution in [2.45, 2.75) is 0 Å². The van der Waals surface area contributed by atoms with E-state index in [0.717, 1.165) is 72.3 Å². The highest BCUT2D eigenvalue weighted by molar-refractivity contribution is 6.13. The normalized spacial score (nSPS) is 11.3. The Bertz CT molecular complexity index is 2920. The van der Waals surface area contributed by atoms with E-state index in [0.29, 0.717) is 5.82 Å². The first-order valence-corrected chi connectivity index (χ1v) is 18.6. The summed E-state index contributed by atoms with van der Waals surface area (Å²) >= 11 is 0. The smallest absolute Gasteiger partial charge is 0.160 e. The Morgan fingerprint density at radius 3 is 1.27 bits per heavy atom. The van der Waals surface area contributed by atoms with Gasteiger partial charge in [-0.1, -0.05) is 182 Å². The molecule has 0 unspecified atom stereocenters. The molecule has 0 aliphatic heterocycles. The van der Waals surface area contributed by atoms with Crippen LogP contribution < -0.4 is 0 Å². The fourth-order valence-corrected chi connectivity index (χ4v) is 7.47. The molecule has 8 aromatic carbocycles. The number of hydrogen-bond acceptors (Lipinski definition) is 3. The Morgan fingerprint density at radius 2 is 0.727 bits per heavy atom. The number of rotatable bonds is 7. The van der Waals surface area contributed by atoms with Crippen molar-refractivity contribution < 1.29 is 4.42 Å². The molecule has 258 valence electrons. The average Bonchev–Trinajstić information content (AvgIpc) is 3.66. The van der Waals surface area contributed by atoms with E-state index < -0.39 is 0 Å². The summed E-state index contributed by atoms with van der Waals surface area (Å²) in [5, 5.41) is 2.10. The van der Waals surface area contributed by atoms with Crippen LogP contribution in [0.2, 0.25) is 0 Å². The molecule has 0 aliphatic carbocycles. The minimum atomic E-state index is 0.674. The molecule has 0 radical (unpaired) electrons. The first-order valence-electron chi connectivity index (χ1n) is 18.6. The van der Waals surface area contributed by atoms with Gasteiger partial charge in [0.15, 0.2) is 5.82 Å². The van der Waals surface area contributed by atoms with Crippen molar-refractivity contribution in [1.29, 1.82) is 0 Å². The average molecular weight is 703 g/mol. The van der Waals surface area contributed by atoms with Crippen LogP contribution in [0.5, 0.6) is 0 Å². The van der Waals surface area contributed by atoms with Gasteiger partial charge in [-0.2, -0.15) is 0 Å². The Kier molecular flexibility index (Phi) is 8.16. The molecule has 0 bridgehead atoms. The van der Waals surface area contributed by atoms with E-state index in [2.05, 4.69) is 164 Å². The Morgan fingerprint density at radius 1 is 0.291 bits per heavy atom. The molecular weight excluding hydrogens is 669 g/mol. The zero-order valence-electron chi connectivity index (χ0n) is 29.9. The SMILES string of the molecule is c1ccc(-c2ccc(-c3ccc(-c4nc(-c5ccccc5)cc(-c5cccc6oc7cc(-c8ccc(-c9ccccc9)cc8)ccc7c56)n4)cc3)cc2)cc1. The summed E-state index contributed by atoms with van der Waals surface area (Å²) < 4.78 is 6.54. The molecular formula is C52H34N2O. The molecule has 0 aliphatic rings. The van der Waals surface area contributed by atoms with Gasteiger partial charge in [0.2, 0.25) is 0 Å². The maximum atomic E-state index is 6.54. The fourth-order valence-electron chi connectivity index (χ4n) is 7.47. The zero-order chi connectivity index (χ0) is 36.6. The van der Waals surface area contributed by atoms with Crippen LogP contribution in [-0.2, 0) is 0 Å². The van der Waals surface area contributed by atoms with E-state index >= 15 is 0 Å². The second-order valence-electron chi connectivity index (χ2n) is 13.8. The Balaban J connectivity index is 1.02. The van der Waals surface area contributed by atoms with Crippen molar-refractivity contribution in [3.63, 3.8) is 0 Å². The van der Waals surface area contributed by atoms with Gasteiger partial charge in [-0.3, -0.25) is 0 Å². The number of fused-ring (bicyclic) bond motifs is 3. The van der Waals surface area contributed by atoms with Crippen molar-refractivity contribution in [3.8, 4) is 78.4 Å². The Hall–Kier alpha value is -7.36. The summed E-state index contributed by atoms with van der Waals surface area (Å²) in [7, 11) is 0. The van der Waals surface area contributed by atoms with Gasteiger partial charge in [0.05, 0.1) is 11.4 Å². The predicted octanol–water partition coefficient (Wildman–Crippen LogP) is 14.0. The molecule has 10 aromatic rings. The zero-order valence-corrected chi connectivity index (χ0v) is 29.9. The highest BCUT2D eigenvalue weighted by atomic mass is 16.3. The van der Waals surface area contributed by atoms with Crippen molar-refractivity contribution in [2.75, 3.05) is 0 Å². The summed E-state index contributed by atoms with van der Waals surface area (Å²) in [5.41, 5.74) is 15.8. The van der Waals surface area contributed by atoms with Crippen molar-refractivity contribution >= 4 is 21.9 Å². The van der Waals surface area contributed by atoms with E-state index in [-0.39, 0.29) is 0 Å². The lowest BCUT2D eigenvalue weighted by Crippen LogP contribution is -1.96. The second kappa shape index (κ2) is 13.9. The second-order valence-corrected chi connectivity index (χ2v) is 13.8. The third-order valence-corrected chi connectivity index (χ3v) is 10.4. The van der Waals surface area contributed by atoms with E-state index in [1.165, 1.54) is 22.3 Å². The van der Waals surface area contributed by atoms with Crippen LogP contribution in [0, 0.1) is 0 Å². The predicted molar refractivity (Wildman–Crippen MR) is 227 cm³/mol. The summed E-state index contributed by atoms with van der Waals surface area (Å²) in [5.74, 6) is 0.674. The standard InChI is InChI=1S/C52H34N2O/c1-4-11-35(12-5-1)37-19-21-39(22-20-37)40-27-29-43(30-28-40)52-53-47(42-15-8-3-9-16-42)34-48(54-52)45-17-10-18-49-51(45)46-32-31-44(33-50(46)55-49)41-25-23-38(24-26-41)36-13-6-2-7-14-36/h1-34H. The van der Waals surface area contributed by atoms with E-state index in [4.69, 9.17) is 14.4 Å². The minimum Gasteiger partial charge on any atom is -0.456 e. The quantitative estimate of drug-likeness (QED) is 0.166. The van der Waals surface area contributed by atoms with Crippen LogP contribution in [0.3, 0.4) is 0 Å². The minimum absolute atomic E-state index is 0.674. The summed E-state index contributed by atoms with van der Waals surface area (Å²) in [6.45, 7) is 0. The topological polar surface area (TPSA) is 38.9 Å². The molecule has 0 saturated carbocycles. The van der Waals surface area contributed by atoms with Crippen molar-refractivity contribution in [3.05, 3.63) is 206 Å². The van der Waals surface area contributed by atoms with E-state index in [1.54, 1.807) is 0 Å². The number of hydrogen-bond donors (Lipinski definition) is 0.